The number of nitrogens with zero attached hydrogens (tertiary/aromatic N) is 3. The average Bonchev–Trinajstić information content (AvgIpc) is 2.83. The first-order chi connectivity index (χ1) is 15.7. The molecule has 0 saturated carbocycles. The summed E-state index contributed by atoms with van der Waals surface area (Å²) >= 11 is 0. The highest BCUT2D eigenvalue weighted by atomic mass is 19.4. The Bertz CT molecular complexity index is 994. The van der Waals surface area contributed by atoms with Gasteiger partial charge in [-0.2, -0.15) is 13.2 Å². The lowest BCUT2D eigenvalue weighted by atomic mass is 9.94. The summed E-state index contributed by atoms with van der Waals surface area (Å²) in [6.45, 7) is 2.89. The van der Waals surface area contributed by atoms with E-state index >= 15 is 0 Å². The van der Waals surface area contributed by atoms with Crippen LogP contribution in [0.3, 0.4) is 0 Å². The number of rotatable bonds is 3. The zero-order chi connectivity index (χ0) is 23.6. The largest absolute Gasteiger partial charge is 0.416 e. The third-order valence-electron chi connectivity index (χ3n) is 6.38. The van der Waals surface area contributed by atoms with Crippen molar-refractivity contribution < 1.29 is 27.2 Å². The van der Waals surface area contributed by atoms with Crippen LogP contribution < -0.4 is 4.90 Å². The number of amides is 2. The maximum absolute atomic E-state index is 14.0. The molecule has 2 aliphatic heterocycles. The van der Waals surface area contributed by atoms with E-state index in [1.54, 1.807) is 28.0 Å². The average molecular weight is 463 g/mol. The lowest BCUT2D eigenvalue weighted by Gasteiger charge is -2.39. The molecule has 2 saturated heterocycles. The van der Waals surface area contributed by atoms with Crippen molar-refractivity contribution in [1.82, 2.24) is 9.80 Å². The van der Waals surface area contributed by atoms with E-state index in [2.05, 4.69) is 0 Å². The summed E-state index contributed by atoms with van der Waals surface area (Å²) in [5.41, 5.74) is -0.0461. The third-order valence-corrected chi connectivity index (χ3v) is 6.38. The van der Waals surface area contributed by atoms with Crippen molar-refractivity contribution in [1.29, 1.82) is 0 Å². The highest BCUT2D eigenvalue weighted by Gasteiger charge is 2.33. The van der Waals surface area contributed by atoms with E-state index in [0.717, 1.165) is 12.1 Å². The summed E-state index contributed by atoms with van der Waals surface area (Å²) in [7, 11) is 0. The number of hydrogen-bond donors (Lipinski definition) is 0. The molecule has 2 aliphatic rings. The molecule has 2 fully saturated rings. The third kappa shape index (κ3) is 5.12. The molecule has 2 amide bonds. The van der Waals surface area contributed by atoms with Gasteiger partial charge in [-0.15, -0.1) is 0 Å². The van der Waals surface area contributed by atoms with Gasteiger partial charge in [-0.05, 0) is 49.2 Å². The summed E-state index contributed by atoms with van der Waals surface area (Å²) in [6, 6.07) is 10.8. The second-order valence-electron chi connectivity index (χ2n) is 8.41. The molecular formula is C24H25F4N3O2. The molecule has 0 bridgehead atoms. The summed E-state index contributed by atoms with van der Waals surface area (Å²) in [5.74, 6) is -0.748. The van der Waals surface area contributed by atoms with Gasteiger partial charge in [-0.3, -0.25) is 9.59 Å². The summed E-state index contributed by atoms with van der Waals surface area (Å²) in [4.78, 5) is 30.9. The highest BCUT2D eigenvalue weighted by Crippen LogP contribution is 2.30. The minimum Gasteiger partial charge on any atom is -0.366 e. The molecule has 176 valence electrons. The van der Waals surface area contributed by atoms with Crippen LogP contribution in [-0.2, 0) is 11.0 Å². The number of hydrogen-bond acceptors (Lipinski definition) is 3. The Hall–Kier alpha value is -3.10. The number of para-hydroxylation sites is 1. The van der Waals surface area contributed by atoms with Gasteiger partial charge in [0, 0.05) is 50.7 Å². The molecule has 0 spiro atoms. The number of alkyl halides is 3. The first kappa shape index (κ1) is 23.1. The predicted octanol–water partition coefficient (Wildman–Crippen LogP) is 4.05. The van der Waals surface area contributed by atoms with Crippen molar-refractivity contribution in [3.63, 3.8) is 0 Å². The number of piperidine rings is 1. The van der Waals surface area contributed by atoms with Crippen molar-refractivity contribution in [2.45, 2.75) is 19.0 Å². The maximum atomic E-state index is 14.0. The minimum absolute atomic E-state index is 0.0461. The molecule has 0 unspecified atom stereocenters. The van der Waals surface area contributed by atoms with Crippen LogP contribution in [0.25, 0.3) is 0 Å². The molecular weight excluding hydrogens is 438 g/mol. The Morgan fingerprint density at radius 3 is 1.97 bits per heavy atom. The van der Waals surface area contributed by atoms with Gasteiger partial charge >= 0.3 is 6.18 Å². The molecule has 33 heavy (non-hydrogen) atoms. The molecule has 0 radical (unpaired) electrons. The van der Waals surface area contributed by atoms with E-state index in [-0.39, 0.29) is 29.1 Å². The van der Waals surface area contributed by atoms with Crippen LogP contribution in [0.2, 0.25) is 0 Å². The van der Waals surface area contributed by atoms with E-state index in [1.807, 2.05) is 4.90 Å². The highest BCUT2D eigenvalue weighted by molar-refractivity contribution is 5.94. The fourth-order valence-corrected chi connectivity index (χ4v) is 4.45. The van der Waals surface area contributed by atoms with Crippen molar-refractivity contribution in [3.8, 4) is 0 Å². The SMILES string of the molecule is O=C(c1ccc(C(F)(F)F)cc1)N1CCC(C(=O)N2CCN(c3ccccc3F)CC2)CC1. The number of benzene rings is 2. The monoisotopic (exact) mass is 463 g/mol. The Balaban J connectivity index is 1.28. The summed E-state index contributed by atoms with van der Waals surface area (Å²) < 4.78 is 52.2. The van der Waals surface area contributed by atoms with Gasteiger partial charge in [-0.1, -0.05) is 12.1 Å². The van der Waals surface area contributed by atoms with Gasteiger partial charge < -0.3 is 14.7 Å². The lowest BCUT2D eigenvalue weighted by molar-refractivity contribution is -0.138. The van der Waals surface area contributed by atoms with Gasteiger partial charge in [0.1, 0.15) is 5.82 Å². The summed E-state index contributed by atoms with van der Waals surface area (Å²) in [5, 5.41) is 0. The molecule has 5 nitrogen and oxygen atoms in total. The molecule has 2 heterocycles. The van der Waals surface area contributed by atoms with E-state index in [4.69, 9.17) is 0 Å². The smallest absolute Gasteiger partial charge is 0.366 e. The van der Waals surface area contributed by atoms with Crippen LogP contribution in [0.1, 0.15) is 28.8 Å². The normalized spacial score (nSPS) is 17.9. The fraction of sp³-hybridized carbons (Fsp3) is 0.417. The molecule has 0 aliphatic carbocycles. The number of anilines is 1. The number of likely N-dealkylation sites (tertiary alicyclic amines) is 1. The van der Waals surface area contributed by atoms with E-state index in [0.29, 0.717) is 57.8 Å². The Morgan fingerprint density at radius 1 is 0.788 bits per heavy atom. The second-order valence-corrected chi connectivity index (χ2v) is 8.41. The van der Waals surface area contributed by atoms with Gasteiger partial charge in [0.05, 0.1) is 11.3 Å². The van der Waals surface area contributed by atoms with Crippen molar-refractivity contribution in [2.75, 3.05) is 44.2 Å². The van der Waals surface area contributed by atoms with Crippen molar-refractivity contribution >= 4 is 17.5 Å². The minimum atomic E-state index is -4.44. The number of carbonyl (C=O) groups excluding carboxylic acids is 2. The zero-order valence-corrected chi connectivity index (χ0v) is 18.0. The van der Waals surface area contributed by atoms with Crippen molar-refractivity contribution in [3.05, 3.63) is 65.5 Å². The molecule has 4 rings (SSSR count). The summed E-state index contributed by atoms with van der Waals surface area (Å²) in [6.07, 6.45) is -3.42. The molecule has 2 aromatic carbocycles. The van der Waals surface area contributed by atoms with Crippen molar-refractivity contribution in [2.24, 2.45) is 5.92 Å². The molecule has 0 N–H and O–H groups in total. The first-order valence-electron chi connectivity index (χ1n) is 11.0. The van der Waals surface area contributed by atoms with Gasteiger partial charge in [0.25, 0.3) is 5.91 Å². The fourth-order valence-electron chi connectivity index (χ4n) is 4.45. The van der Waals surface area contributed by atoms with Gasteiger partial charge in [0.15, 0.2) is 0 Å². The standard InChI is InChI=1S/C24H25F4N3O2/c25-20-3-1-2-4-21(20)29-13-15-31(16-14-29)23(33)18-9-11-30(12-10-18)22(32)17-5-7-19(8-6-17)24(26,27)28/h1-8,18H,9-16H2. The number of halogens is 4. The van der Waals surface area contributed by atoms with Gasteiger partial charge in [0.2, 0.25) is 5.91 Å². The predicted molar refractivity (Wildman–Crippen MR) is 115 cm³/mol. The van der Waals surface area contributed by atoms with Gasteiger partial charge in [-0.25, -0.2) is 4.39 Å². The van der Waals surface area contributed by atoms with Crippen LogP contribution in [0.15, 0.2) is 48.5 Å². The zero-order valence-electron chi connectivity index (χ0n) is 18.0. The Morgan fingerprint density at radius 2 is 1.39 bits per heavy atom. The molecule has 9 heteroatoms. The van der Waals surface area contributed by atoms with E-state index < -0.39 is 11.7 Å². The van der Waals surface area contributed by atoms with E-state index in [1.165, 1.54) is 18.2 Å². The number of carbonyl (C=O) groups is 2. The Labute approximate surface area is 189 Å². The second kappa shape index (κ2) is 9.41. The topological polar surface area (TPSA) is 43.9 Å². The molecule has 0 atom stereocenters. The van der Waals surface area contributed by atoms with Crippen LogP contribution in [0.5, 0.6) is 0 Å². The maximum Gasteiger partial charge on any atom is 0.416 e. The van der Waals surface area contributed by atoms with E-state index in [9.17, 15) is 27.2 Å². The number of piperazine rings is 1. The Kier molecular flexibility index (Phi) is 6.58. The lowest BCUT2D eigenvalue weighted by Crippen LogP contribution is -2.52. The molecule has 0 aromatic heterocycles. The van der Waals surface area contributed by atoms with Crippen LogP contribution in [-0.4, -0.2) is 60.9 Å². The first-order valence-corrected chi connectivity index (χ1v) is 11.0. The van der Waals surface area contributed by atoms with Crippen LogP contribution in [0.4, 0.5) is 23.2 Å². The quantitative estimate of drug-likeness (QED) is 0.646. The van der Waals surface area contributed by atoms with Crippen LogP contribution >= 0.6 is 0 Å². The van der Waals surface area contributed by atoms with Crippen LogP contribution in [0, 0.1) is 11.7 Å². The molecule has 2 aromatic rings.